The highest BCUT2D eigenvalue weighted by Gasteiger charge is 2.19. The molecule has 0 aliphatic rings. The molecule has 8 heteroatoms. The lowest BCUT2D eigenvalue weighted by atomic mass is 10.3. The molecule has 18 heavy (non-hydrogen) atoms. The van der Waals surface area contributed by atoms with Crippen LogP contribution >= 0.6 is 0 Å². The van der Waals surface area contributed by atoms with Crippen molar-refractivity contribution in [3.63, 3.8) is 0 Å². The second-order valence-corrected chi connectivity index (χ2v) is 4.01. The van der Waals surface area contributed by atoms with Crippen LogP contribution in [0.3, 0.4) is 0 Å². The Labute approximate surface area is 104 Å². The maximum absolute atomic E-state index is 11.8. The van der Waals surface area contributed by atoms with E-state index in [4.69, 9.17) is 9.63 Å². The van der Waals surface area contributed by atoms with Gasteiger partial charge in [0, 0.05) is 6.04 Å². The first kappa shape index (κ1) is 13.9. The quantitative estimate of drug-likeness (QED) is 0.788. The van der Waals surface area contributed by atoms with Crippen LogP contribution < -0.4 is 5.32 Å². The summed E-state index contributed by atoms with van der Waals surface area (Å²) < 4.78 is 4.83. The largest absolute Gasteiger partial charge is 0.480 e. The molecule has 0 aliphatic carbocycles. The molecular weight excluding hydrogens is 240 g/mol. The molecule has 0 aromatic carbocycles. The van der Waals surface area contributed by atoms with Crippen LogP contribution in [-0.2, 0) is 11.3 Å². The number of hydrogen-bond donors (Lipinski definition) is 2. The number of hydrogen-bond acceptors (Lipinski definition) is 5. The van der Waals surface area contributed by atoms with E-state index in [1.165, 1.54) is 4.90 Å². The van der Waals surface area contributed by atoms with Crippen molar-refractivity contribution >= 4 is 12.0 Å². The van der Waals surface area contributed by atoms with Gasteiger partial charge in [-0.3, -0.25) is 4.79 Å². The molecule has 0 spiro atoms. The number of aryl methyl sites for hydroxylation is 1. The van der Waals surface area contributed by atoms with Crippen LogP contribution in [0.2, 0.25) is 0 Å². The van der Waals surface area contributed by atoms with Crippen molar-refractivity contribution in [2.75, 3.05) is 6.54 Å². The van der Waals surface area contributed by atoms with E-state index in [2.05, 4.69) is 15.5 Å². The minimum Gasteiger partial charge on any atom is -0.480 e. The summed E-state index contributed by atoms with van der Waals surface area (Å²) in [6.45, 7) is 4.85. The maximum Gasteiger partial charge on any atom is 0.323 e. The fraction of sp³-hybridized carbons (Fsp3) is 0.600. The number of nitrogens with one attached hydrogen (secondary N) is 1. The summed E-state index contributed by atoms with van der Waals surface area (Å²) >= 11 is 0. The van der Waals surface area contributed by atoms with Crippen LogP contribution in [0, 0.1) is 6.92 Å². The number of carboxylic acids is 1. The number of rotatable bonds is 5. The molecule has 1 aromatic heterocycles. The third kappa shape index (κ3) is 4.04. The molecular formula is C10H16N4O4. The summed E-state index contributed by atoms with van der Waals surface area (Å²) in [5, 5.41) is 14.8. The molecule has 0 radical (unpaired) electrons. The minimum atomic E-state index is -1.06. The Morgan fingerprint density at radius 1 is 1.50 bits per heavy atom. The monoisotopic (exact) mass is 256 g/mol. The van der Waals surface area contributed by atoms with Crippen molar-refractivity contribution in [1.29, 1.82) is 0 Å². The molecule has 0 saturated carbocycles. The van der Waals surface area contributed by atoms with E-state index < -0.39 is 12.0 Å². The van der Waals surface area contributed by atoms with Gasteiger partial charge in [0.15, 0.2) is 5.82 Å². The number of aromatic nitrogens is 2. The lowest BCUT2D eigenvalue weighted by Gasteiger charge is -2.24. The second kappa shape index (κ2) is 5.99. The third-order valence-corrected chi connectivity index (χ3v) is 2.15. The second-order valence-electron chi connectivity index (χ2n) is 4.01. The van der Waals surface area contributed by atoms with Crippen molar-refractivity contribution in [3.8, 4) is 0 Å². The zero-order valence-corrected chi connectivity index (χ0v) is 10.5. The van der Waals surface area contributed by atoms with Gasteiger partial charge in [-0.2, -0.15) is 4.98 Å². The van der Waals surface area contributed by atoms with Gasteiger partial charge in [0.25, 0.3) is 0 Å². The van der Waals surface area contributed by atoms with Gasteiger partial charge >= 0.3 is 12.0 Å². The number of carbonyl (C=O) groups is 2. The standard InChI is InChI=1S/C10H16N4O4/c1-6(2)14(5-9(15)16)10(17)11-4-8-12-7(3)13-18-8/h6H,4-5H2,1-3H3,(H,11,17)(H,15,16). The smallest absolute Gasteiger partial charge is 0.323 e. The lowest BCUT2D eigenvalue weighted by Crippen LogP contribution is -2.46. The number of amides is 2. The Balaban J connectivity index is 2.53. The van der Waals surface area contributed by atoms with Crippen molar-refractivity contribution < 1.29 is 19.2 Å². The van der Waals surface area contributed by atoms with Gasteiger partial charge in [0.2, 0.25) is 5.89 Å². The van der Waals surface area contributed by atoms with Gasteiger partial charge in [-0.05, 0) is 20.8 Å². The SMILES string of the molecule is Cc1noc(CNC(=O)N(CC(=O)O)C(C)C)n1. The van der Waals surface area contributed by atoms with Gasteiger partial charge in [0.1, 0.15) is 6.54 Å². The first-order valence-electron chi connectivity index (χ1n) is 5.45. The van der Waals surface area contributed by atoms with E-state index in [1.54, 1.807) is 20.8 Å². The van der Waals surface area contributed by atoms with Gasteiger partial charge in [-0.15, -0.1) is 0 Å². The lowest BCUT2D eigenvalue weighted by molar-refractivity contribution is -0.138. The molecule has 0 unspecified atom stereocenters. The van der Waals surface area contributed by atoms with Crippen molar-refractivity contribution in [2.24, 2.45) is 0 Å². The topological polar surface area (TPSA) is 109 Å². The predicted molar refractivity (Wildman–Crippen MR) is 60.7 cm³/mol. The molecule has 1 heterocycles. The fourth-order valence-corrected chi connectivity index (χ4v) is 1.30. The third-order valence-electron chi connectivity index (χ3n) is 2.15. The normalized spacial score (nSPS) is 10.4. The Morgan fingerprint density at radius 3 is 2.61 bits per heavy atom. The van der Waals surface area contributed by atoms with Crippen molar-refractivity contribution in [2.45, 2.75) is 33.4 Å². The van der Waals surface area contributed by atoms with Crippen LogP contribution in [0.5, 0.6) is 0 Å². The summed E-state index contributed by atoms with van der Waals surface area (Å²) in [7, 11) is 0. The van der Waals surface area contributed by atoms with E-state index in [9.17, 15) is 9.59 Å². The van der Waals surface area contributed by atoms with Crippen LogP contribution in [0.1, 0.15) is 25.6 Å². The Kier molecular flexibility index (Phi) is 4.64. The molecule has 8 nitrogen and oxygen atoms in total. The Morgan fingerprint density at radius 2 is 2.17 bits per heavy atom. The first-order valence-corrected chi connectivity index (χ1v) is 5.45. The zero-order chi connectivity index (χ0) is 13.7. The molecule has 100 valence electrons. The van der Waals surface area contributed by atoms with E-state index in [0.29, 0.717) is 5.82 Å². The number of urea groups is 1. The van der Waals surface area contributed by atoms with Crippen LogP contribution in [0.4, 0.5) is 4.79 Å². The molecule has 2 N–H and O–H groups in total. The van der Waals surface area contributed by atoms with Crippen LogP contribution in [0.15, 0.2) is 4.52 Å². The van der Waals surface area contributed by atoms with E-state index in [1.807, 2.05) is 0 Å². The molecule has 0 bridgehead atoms. The van der Waals surface area contributed by atoms with E-state index in [-0.39, 0.29) is 25.0 Å². The average Bonchev–Trinajstić information content (AvgIpc) is 2.68. The summed E-state index contributed by atoms with van der Waals surface area (Å²) in [5.41, 5.74) is 0. The highest BCUT2D eigenvalue weighted by Crippen LogP contribution is 2.00. The average molecular weight is 256 g/mol. The van der Waals surface area contributed by atoms with Gasteiger partial charge < -0.3 is 19.8 Å². The van der Waals surface area contributed by atoms with Gasteiger partial charge in [-0.25, -0.2) is 4.79 Å². The number of carbonyl (C=O) groups excluding carboxylic acids is 1. The van der Waals surface area contributed by atoms with Crippen LogP contribution in [0.25, 0.3) is 0 Å². The van der Waals surface area contributed by atoms with Crippen molar-refractivity contribution in [1.82, 2.24) is 20.4 Å². The Hall–Kier alpha value is -2.12. The number of carboxylic acid groups (broad SMARTS) is 1. The minimum absolute atomic E-state index is 0.0719. The molecule has 0 aliphatic heterocycles. The summed E-state index contributed by atoms with van der Waals surface area (Å²) in [5.74, 6) is -0.308. The number of aliphatic carboxylic acids is 1. The van der Waals surface area contributed by atoms with E-state index in [0.717, 1.165) is 0 Å². The molecule has 1 rings (SSSR count). The number of nitrogens with zero attached hydrogens (tertiary/aromatic N) is 3. The highest BCUT2D eigenvalue weighted by molar-refractivity contribution is 5.80. The molecule has 1 aromatic rings. The van der Waals surface area contributed by atoms with Crippen LogP contribution in [-0.4, -0.2) is 44.7 Å². The van der Waals surface area contributed by atoms with Gasteiger partial charge in [-0.1, -0.05) is 5.16 Å². The molecule has 0 saturated heterocycles. The van der Waals surface area contributed by atoms with Gasteiger partial charge in [0.05, 0.1) is 6.54 Å². The predicted octanol–water partition coefficient (Wildman–Crippen LogP) is 0.383. The highest BCUT2D eigenvalue weighted by atomic mass is 16.5. The van der Waals surface area contributed by atoms with E-state index >= 15 is 0 Å². The summed E-state index contributed by atoms with van der Waals surface area (Å²) in [6.07, 6.45) is 0. The Bertz CT molecular complexity index is 429. The molecule has 0 fully saturated rings. The zero-order valence-electron chi connectivity index (χ0n) is 10.5. The maximum atomic E-state index is 11.8. The molecule has 0 atom stereocenters. The first-order chi connectivity index (χ1) is 8.40. The van der Waals surface area contributed by atoms with Crippen molar-refractivity contribution in [3.05, 3.63) is 11.7 Å². The summed E-state index contributed by atoms with van der Waals surface area (Å²) in [4.78, 5) is 27.5. The summed E-state index contributed by atoms with van der Waals surface area (Å²) in [6, 6.07) is -0.700. The molecule has 2 amide bonds. The fourth-order valence-electron chi connectivity index (χ4n) is 1.30.